The number of hydrogen-bond acceptors (Lipinski definition) is 5. The molecule has 2 atom stereocenters. The Hall–Kier alpha value is -3.74. The number of carboxylic acid groups (broad SMARTS) is 1. The lowest BCUT2D eigenvalue weighted by molar-refractivity contribution is -0.150. The minimum absolute atomic E-state index is 0.0594. The van der Waals surface area contributed by atoms with Crippen LogP contribution in [0, 0.1) is 11.8 Å². The molecule has 168 valence electrons. The lowest BCUT2D eigenvalue weighted by atomic mass is 9.82. The Morgan fingerprint density at radius 2 is 1.48 bits per heavy atom. The van der Waals surface area contributed by atoms with Crippen LogP contribution in [0.2, 0.25) is 0 Å². The molecular weight excluding hydrogens is 416 g/mol. The normalized spacial score (nSPS) is 20.7. The van der Waals surface area contributed by atoms with Crippen molar-refractivity contribution in [2.24, 2.45) is 11.8 Å². The molecule has 1 saturated heterocycles. The van der Waals surface area contributed by atoms with Crippen molar-refractivity contribution in [1.29, 1.82) is 0 Å². The summed E-state index contributed by atoms with van der Waals surface area (Å²) < 4.78 is 0. The molecule has 0 spiro atoms. The van der Waals surface area contributed by atoms with Crippen molar-refractivity contribution in [2.45, 2.75) is 12.8 Å². The molecule has 0 bridgehead atoms. The molecule has 1 amide bonds. The summed E-state index contributed by atoms with van der Waals surface area (Å²) >= 11 is 0. The van der Waals surface area contributed by atoms with E-state index < -0.39 is 17.8 Å². The topological polar surface area (TPSA) is 86.6 Å². The number of benzene rings is 2. The first-order valence-corrected chi connectivity index (χ1v) is 11.4. The Bertz CT molecular complexity index is 1200. The molecule has 5 rings (SSSR count). The molecule has 1 aliphatic heterocycles. The van der Waals surface area contributed by atoms with Crippen LogP contribution in [-0.4, -0.2) is 58.0 Å². The summed E-state index contributed by atoms with van der Waals surface area (Å²) in [5.74, 6) is -1.42. The van der Waals surface area contributed by atoms with Crippen LogP contribution in [0.15, 0.2) is 66.7 Å². The maximum atomic E-state index is 13.1. The Labute approximate surface area is 192 Å². The largest absolute Gasteiger partial charge is 0.481 e. The van der Waals surface area contributed by atoms with Gasteiger partial charge in [0.1, 0.15) is 0 Å². The number of rotatable bonds is 4. The average Bonchev–Trinajstić information content (AvgIpc) is 2.88. The average molecular weight is 443 g/mol. The highest BCUT2D eigenvalue weighted by Crippen LogP contribution is 2.30. The molecule has 2 heterocycles. The van der Waals surface area contributed by atoms with Gasteiger partial charge < -0.3 is 14.9 Å². The van der Waals surface area contributed by atoms with Gasteiger partial charge in [-0.05, 0) is 18.9 Å². The molecule has 1 fully saturated rings. The van der Waals surface area contributed by atoms with Crippen LogP contribution in [0.1, 0.15) is 12.8 Å². The molecule has 2 aliphatic rings. The van der Waals surface area contributed by atoms with Crippen LogP contribution < -0.4 is 4.90 Å². The van der Waals surface area contributed by atoms with Crippen LogP contribution in [0.5, 0.6) is 0 Å². The number of aromatic nitrogens is 2. The molecule has 1 aliphatic carbocycles. The van der Waals surface area contributed by atoms with Gasteiger partial charge in [0.05, 0.1) is 23.0 Å². The second-order valence-corrected chi connectivity index (χ2v) is 8.56. The number of hydrogen-bond donors (Lipinski definition) is 1. The summed E-state index contributed by atoms with van der Waals surface area (Å²) in [7, 11) is 0. The number of anilines is 1. The smallest absolute Gasteiger partial charge is 0.307 e. The fourth-order valence-electron chi connectivity index (χ4n) is 4.74. The minimum atomic E-state index is -0.894. The lowest BCUT2D eigenvalue weighted by Gasteiger charge is -2.37. The minimum Gasteiger partial charge on any atom is -0.481 e. The van der Waals surface area contributed by atoms with Gasteiger partial charge in [-0.1, -0.05) is 60.7 Å². The van der Waals surface area contributed by atoms with Crippen molar-refractivity contribution >= 4 is 28.7 Å². The van der Waals surface area contributed by atoms with E-state index in [2.05, 4.69) is 4.90 Å². The number of nitrogens with zero attached hydrogens (tertiary/aromatic N) is 4. The molecule has 7 heteroatoms. The van der Waals surface area contributed by atoms with Crippen LogP contribution in [-0.2, 0) is 9.59 Å². The maximum Gasteiger partial charge on any atom is 0.307 e. The second-order valence-electron chi connectivity index (χ2n) is 8.56. The zero-order valence-corrected chi connectivity index (χ0v) is 18.3. The number of para-hydroxylation sites is 1. The Morgan fingerprint density at radius 1 is 0.818 bits per heavy atom. The van der Waals surface area contributed by atoms with Crippen molar-refractivity contribution in [3.05, 3.63) is 66.7 Å². The number of fused-ring (bicyclic) bond motifs is 1. The predicted octanol–water partition coefficient (Wildman–Crippen LogP) is 3.61. The van der Waals surface area contributed by atoms with E-state index in [9.17, 15) is 14.7 Å². The summed E-state index contributed by atoms with van der Waals surface area (Å²) in [6, 6.07) is 18.1. The fraction of sp³-hybridized carbons (Fsp3) is 0.308. The number of allylic oxidation sites excluding steroid dienone is 2. The Kier molecular flexibility index (Phi) is 5.77. The number of carbonyl (C=O) groups is 2. The third-order valence-corrected chi connectivity index (χ3v) is 6.58. The molecule has 0 unspecified atom stereocenters. The van der Waals surface area contributed by atoms with E-state index in [0.29, 0.717) is 45.0 Å². The first-order valence-electron chi connectivity index (χ1n) is 11.4. The van der Waals surface area contributed by atoms with Crippen LogP contribution in [0.25, 0.3) is 22.2 Å². The van der Waals surface area contributed by atoms with Crippen LogP contribution >= 0.6 is 0 Å². The molecule has 7 nitrogen and oxygen atoms in total. The zero-order valence-electron chi connectivity index (χ0n) is 18.3. The van der Waals surface area contributed by atoms with Crippen molar-refractivity contribution in [2.75, 3.05) is 31.1 Å². The standard InChI is InChI=1S/C26H26N4O3/c31-24(19-10-4-5-11-20(19)25(32)33)29-14-16-30(17-15-29)26-27-22-13-7-6-12-21(22)23(28-26)18-8-2-1-3-9-18/h1-9,12-13,19-20H,10-11,14-17H2,(H,32,33)/t19-,20-/m1/s1. The first-order chi connectivity index (χ1) is 16.1. The number of piperazine rings is 1. The molecule has 0 saturated carbocycles. The third kappa shape index (κ3) is 4.18. The van der Waals surface area contributed by atoms with E-state index in [1.807, 2.05) is 66.7 Å². The highest BCUT2D eigenvalue weighted by molar-refractivity contribution is 5.93. The lowest BCUT2D eigenvalue weighted by Crippen LogP contribution is -2.52. The van der Waals surface area contributed by atoms with Gasteiger partial charge in [0.15, 0.2) is 0 Å². The quantitative estimate of drug-likeness (QED) is 0.621. The van der Waals surface area contributed by atoms with Crippen molar-refractivity contribution in [1.82, 2.24) is 14.9 Å². The summed E-state index contributed by atoms with van der Waals surface area (Å²) in [4.78, 5) is 38.3. The van der Waals surface area contributed by atoms with Crippen molar-refractivity contribution in [3.8, 4) is 11.3 Å². The van der Waals surface area contributed by atoms with E-state index in [4.69, 9.17) is 9.97 Å². The van der Waals surface area contributed by atoms with Gasteiger partial charge in [-0.3, -0.25) is 9.59 Å². The summed E-state index contributed by atoms with van der Waals surface area (Å²) in [6.45, 7) is 2.28. The molecule has 3 aromatic rings. The van der Waals surface area contributed by atoms with E-state index in [0.717, 1.165) is 22.2 Å². The van der Waals surface area contributed by atoms with E-state index in [1.165, 1.54) is 0 Å². The van der Waals surface area contributed by atoms with Crippen molar-refractivity contribution < 1.29 is 14.7 Å². The van der Waals surface area contributed by atoms with Gasteiger partial charge in [-0.2, -0.15) is 0 Å². The van der Waals surface area contributed by atoms with E-state index in [1.54, 1.807) is 4.90 Å². The monoisotopic (exact) mass is 442 g/mol. The third-order valence-electron chi connectivity index (χ3n) is 6.58. The SMILES string of the molecule is O=C(O)[C@@H]1CC=CC[C@H]1C(=O)N1CCN(c2nc(-c3ccccc3)c3ccccc3n2)CC1. The Morgan fingerprint density at radius 3 is 2.21 bits per heavy atom. The zero-order chi connectivity index (χ0) is 22.8. The van der Waals surface area contributed by atoms with Gasteiger partial charge >= 0.3 is 5.97 Å². The van der Waals surface area contributed by atoms with Gasteiger partial charge in [0.2, 0.25) is 11.9 Å². The van der Waals surface area contributed by atoms with E-state index in [-0.39, 0.29) is 5.91 Å². The molecule has 33 heavy (non-hydrogen) atoms. The fourth-order valence-corrected chi connectivity index (χ4v) is 4.74. The highest BCUT2D eigenvalue weighted by Gasteiger charge is 2.37. The number of carbonyl (C=O) groups excluding carboxylic acids is 1. The Balaban J connectivity index is 1.36. The predicted molar refractivity (Wildman–Crippen MR) is 127 cm³/mol. The van der Waals surface area contributed by atoms with Crippen molar-refractivity contribution in [3.63, 3.8) is 0 Å². The maximum absolute atomic E-state index is 13.1. The summed E-state index contributed by atoms with van der Waals surface area (Å²) in [6.07, 6.45) is 4.69. The highest BCUT2D eigenvalue weighted by atomic mass is 16.4. The van der Waals surface area contributed by atoms with Gasteiger partial charge in [-0.15, -0.1) is 0 Å². The molecule has 1 aromatic heterocycles. The molecular formula is C26H26N4O3. The van der Waals surface area contributed by atoms with Gasteiger partial charge in [0, 0.05) is 37.1 Å². The van der Waals surface area contributed by atoms with Crippen LogP contribution in [0.3, 0.4) is 0 Å². The second kappa shape index (κ2) is 9.02. The summed E-state index contributed by atoms with van der Waals surface area (Å²) in [5.41, 5.74) is 2.82. The number of aliphatic carboxylic acids is 1. The molecule has 0 radical (unpaired) electrons. The molecule has 1 N–H and O–H groups in total. The number of carboxylic acids is 1. The van der Waals surface area contributed by atoms with Gasteiger partial charge in [-0.25, -0.2) is 9.97 Å². The first kappa shape index (κ1) is 21.1. The van der Waals surface area contributed by atoms with Crippen LogP contribution in [0.4, 0.5) is 5.95 Å². The number of amides is 1. The molecule has 2 aromatic carbocycles. The van der Waals surface area contributed by atoms with Gasteiger partial charge in [0.25, 0.3) is 0 Å². The van der Waals surface area contributed by atoms with E-state index >= 15 is 0 Å². The summed E-state index contributed by atoms with van der Waals surface area (Å²) in [5, 5.41) is 10.5.